The van der Waals surface area contributed by atoms with Crippen LogP contribution in [0.4, 0.5) is 4.39 Å². The van der Waals surface area contributed by atoms with E-state index in [0.29, 0.717) is 0 Å². The van der Waals surface area contributed by atoms with E-state index in [1.165, 1.54) is 13.3 Å². The van der Waals surface area contributed by atoms with Crippen molar-refractivity contribution in [3.8, 4) is 0 Å². The van der Waals surface area contributed by atoms with Gasteiger partial charge in [0.15, 0.2) is 18.6 Å². The van der Waals surface area contributed by atoms with Crippen LogP contribution in [0.3, 0.4) is 0 Å². The monoisotopic (exact) mass is 620 g/mol. The maximum absolute atomic E-state index is 15.0. The number of aromatic amines is 2. The van der Waals surface area contributed by atoms with Gasteiger partial charge in [0.1, 0.15) is 31.0 Å². The summed E-state index contributed by atoms with van der Waals surface area (Å²) in [5.41, 5.74) is -3.09. The second-order valence-corrected chi connectivity index (χ2v) is 11.8. The summed E-state index contributed by atoms with van der Waals surface area (Å²) >= 11 is 5.54. The Kier molecular flexibility index (Phi) is 9.38. The van der Waals surface area contributed by atoms with Crippen LogP contribution in [0.25, 0.3) is 4.85 Å². The lowest BCUT2D eigenvalue weighted by Crippen LogP contribution is -2.39. The predicted octanol–water partition coefficient (Wildman–Crippen LogP) is -0.822. The second kappa shape index (κ2) is 13.0. The van der Waals surface area contributed by atoms with Crippen LogP contribution in [0.1, 0.15) is 20.7 Å². The molecule has 0 aromatic carbocycles. The molecule has 2 aromatic rings. The largest absolute Gasteiger partial charge is 0.387 e. The van der Waals surface area contributed by atoms with Gasteiger partial charge in [-0.2, -0.15) is 0 Å². The topological polar surface area (TPSA) is 190 Å². The molecule has 19 heteroatoms. The minimum absolute atomic E-state index is 0.121. The molecule has 0 spiro atoms. The van der Waals surface area contributed by atoms with Crippen molar-refractivity contribution in [2.75, 3.05) is 26.9 Å². The summed E-state index contributed by atoms with van der Waals surface area (Å²) in [5, 5.41) is 10.5. The molecule has 0 saturated carbocycles. The summed E-state index contributed by atoms with van der Waals surface area (Å²) in [6.07, 6.45) is -8.98. The summed E-state index contributed by atoms with van der Waals surface area (Å²) in [6, 6.07) is 2.08. The zero-order valence-electron chi connectivity index (χ0n) is 22.4. The van der Waals surface area contributed by atoms with Crippen molar-refractivity contribution in [3.63, 3.8) is 0 Å². The number of nitrogens with one attached hydrogen (secondary N) is 2. The van der Waals surface area contributed by atoms with E-state index in [-0.39, 0.29) is 20.1 Å². The van der Waals surface area contributed by atoms with Crippen LogP contribution in [0.2, 0.25) is 0 Å². The number of rotatable bonds is 11. The second-order valence-electron chi connectivity index (χ2n) is 8.83. The molecule has 2 aliphatic rings. The molecule has 0 aliphatic carbocycles. The Labute approximate surface area is 237 Å². The zero-order valence-corrected chi connectivity index (χ0v) is 23.1. The number of methoxy groups -OCH3 is 1. The molecule has 2 saturated heterocycles. The Balaban J connectivity index is 1.54. The van der Waals surface area contributed by atoms with Gasteiger partial charge in [-0.25, -0.2) is 20.6 Å². The molecule has 9 atom stereocenters. The number of H-pyrrole nitrogens is 2. The SMILES string of the molecule is [2H]C[C@H]1O[C@@H](n2ccc(=O)[nH]c2=O)[C@@H](OC)C1OP(=S)(OCC[N+]#[C-])OC[C@H]1O[C@@H](n2ccc(=O)[nH]c2=O)[C@@H](F)C1O. The highest BCUT2D eigenvalue weighted by molar-refractivity contribution is 8.07. The first-order valence-corrected chi connectivity index (χ1v) is 14.6. The van der Waals surface area contributed by atoms with E-state index in [1.54, 1.807) is 0 Å². The fourth-order valence-corrected chi connectivity index (χ4v) is 6.33. The van der Waals surface area contributed by atoms with Crippen LogP contribution in [-0.2, 0) is 39.6 Å². The lowest BCUT2D eigenvalue weighted by atomic mass is 10.1. The maximum atomic E-state index is 15.0. The van der Waals surface area contributed by atoms with E-state index in [0.717, 1.165) is 27.5 Å². The first kappa shape index (κ1) is 29.6. The summed E-state index contributed by atoms with van der Waals surface area (Å²) in [5.74, 6) is 0. The molecule has 224 valence electrons. The standard InChI is InChI=1S/C22H27FN5O11PS/c1-11-17(18(34-3)20(37-11)28-8-5-14(30)26-22(28)33)39-40(41,35-9-6-24-2)36-10-12-16(31)15(23)19(38-12)27-7-4-13(29)25-21(27)32/h4-5,7-8,11-12,15-20,31H,6,9-10H2,1,3H3,(H,25,29,32)(H,26,30,33)/t11-,12-,15+,16?,17?,18+,19-,20-,40?/m1/s1/i1D. The van der Waals surface area contributed by atoms with Gasteiger partial charge in [-0.1, -0.05) is 0 Å². The van der Waals surface area contributed by atoms with Crippen LogP contribution in [0.5, 0.6) is 0 Å². The quantitative estimate of drug-likeness (QED) is 0.161. The third-order valence-electron chi connectivity index (χ3n) is 6.20. The van der Waals surface area contributed by atoms with Gasteiger partial charge in [0, 0.05) is 33.0 Å². The summed E-state index contributed by atoms with van der Waals surface area (Å²) < 4.78 is 59.0. The number of ether oxygens (including phenoxy) is 3. The lowest BCUT2D eigenvalue weighted by Gasteiger charge is -2.29. The lowest BCUT2D eigenvalue weighted by molar-refractivity contribution is -0.0560. The van der Waals surface area contributed by atoms with Gasteiger partial charge in [-0.05, 0) is 18.7 Å². The average Bonchev–Trinajstić information content (AvgIpc) is 3.43. The fourth-order valence-electron chi connectivity index (χ4n) is 4.24. The van der Waals surface area contributed by atoms with Gasteiger partial charge in [0.25, 0.3) is 11.1 Å². The number of nitrogens with zero attached hydrogens (tertiary/aromatic N) is 3. The van der Waals surface area contributed by atoms with Crippen LogP contribution in [0, 0.1) is 6.57 Å². The molecule has 3 unspecified atom stereocenters. The molecule has 16 nitrogen and oxygen atoms in total. The Hall–Kier alpha value is -2.85. The number of aromatic nitrogens is 4. The number of hydrogen-bond acceptors (Lipinski definition) is 12. The Bertz CT molecular complexity index is 1580. The number of alkyl halides is 1. The number of halogens is 1. The average molecular weight is 621 g/mol. The summed E-state index contributed by atoms with van der Waals surface area (Å²) in [6.45, 7) is 1.84. The van der Waals surface area contributed by atoms with Crippen molar-refractivity contribution in [3.05, 3.63) is 77.6 Å². The molecule has 4 heterocycles. The van der Waals surface area contributed by atoms with Crippen molar-refractivity contribution in [2.24, 2.45) is 0 Å². The number of hydrogen-bond donors (Lipinski definition) is 3. The van der Waals surface area contributed by atoms with Crippen LogP contribution < -0.4 is 22.5 Å². The third-order valence-corrected chi connectivity index (χ3v) is 8.56. The van der Waals surface area contributed by atoms with E-state index in [9.17, 15) is 28.7 Å². The molecule has 41 heavy (non-hydrogen) atoms. The molecule has 4 rings (SSSR count). The predicted molar refractivity (Wildman–Crippen MR) is 140 cm³/mol. The molecule has 2 aliphatic heterocycles. The Morgan fingerprint density at radius 1 is 1.12 bits per heavy atom. The minimum Gasteiger partial charge on any atom is -0.387 e. The Morgan fingerprint density at radius 2 is 1.76 bits per heavy atom. The highest BCUT2D eigenvalue weighted by Gasteiger charge is 2.49. The van der Waals surface area contributed by atoms with Crippen LogP contribution in [-0.4, -0.2) is 87.8 Å². The molecular formula is C22H27FN5O11PS. The maximum Gasteiger partial charge on any atom is 0.330 e. The molecular weight excluding hydrogens is 592 g/mol. The van der Waals surface area contributed by atoms with Crippen LogP contribution in [0.15, 0.2) is 43.7 Å². The number of aliphatic hydroxyl groups is 1. The van der Waals surface area contributed by atoms with Crippen molar-refractivity contribution >= 4 is 18.5 Å². The van der Waals surface area contributed by atoms with E-state index in [1.807, 2.05) is 4.98 Å². The highest BCUT2D eigenvalue weighted by Crippen LogP contribution is 2.54. The van der Waals surface area contributed by atoms with Gasteiger partial charge < -0.3 is 33.2 Å². The van der Waals surface area contributed by atoms with Gasteiger partial charge in [-0.15, -0.1) is 0 Å². The minimum atomic E-state index is -3.87. The number of aliphatic hydroxyl groups excluding tert-OH is 1. The van der Waals surface area contributed by atoms with Gasteiger partial charge in [0.2, 0.25) is 6.54 Å². The Morgan fingerprint density at radius 3 is 2.32 bits per heavy atom. The van der Waals surface area contributed by atoms with Crippen molar-refractivity contribution < 1.29 is 38.6 Å². The van der Waals surface area contributed by atoms with Crippen LogP contribution >= 0.6 is 6.72 Å². The highest BCUT2D eigenvalue weighted by atomic mass is 32.5. The summed E-state index contributed by atoms with van der Waals surface area (Å²) in [7, 11) is 1.30. The zero-order chi connectivity index (χ0) is 30.6. The summed E-state index contributed by atoms with van der Waals surface area (Å²) in [4.78, 5) is 54.7. The normalized spacial score (nSPS) is 31.4. The van der Waals surface area contributed by atoms with Gasteiger partial charge >= 0.3 is 18.1 Å². The smallest absolute Gasteiger partial charge is 0.330 e. The van der Waals surface area contributed by atoms with Gasteiger partial charge in [-0.3, -0.25) is 33.2 Å². The first-order valence-electron chi connectivity index (χ1n) is 12.7. The van der Waals surface area contributed by atoms with Gasteiger partial charge in [0.05, 0.1) is 12.7 Å². The molecule has 2 aromatic heterocycles. The van der Waals surface area contributed by atoms with Crippen molar-refractivity contribution in [1.29, 1.82) is 0 Å². The van der Waals surface area contributed by atoms with E-state index in [4.69, 9.17) is 47.5 Å². The molecule has 0 bridgehead atoms. The van der Waals surface area contributed by atoms with E-state index in [2.05, 4.69) is 9.83 Å². The van der Waals surface area contributed by atoms with E-state index < -0.39 is 85.0 Å². The molecule has 2 fully saturated rings. The molecule has 0 amide bonds. The van der Waals surface area contributed by atoms with Crippen molar-refractivity contribution in [1.82, 2.24) is 19.1 Å². The van der Waals surface area contributed by atoms with E-state index >= 15 is 0 Å². The first-order chi connectivity index (χ1) is 20.0. The van der Waals surface area contributed by atoms with Crippen molar-refractivity contribution in [2.45, 2.75) is 56.0 Å². The third kappa shape index (κ3) is 6.80. The molecule has 3 N–H and O–H groups in total. The molecule has 0 radical (unpaired) electrons. The fraction of sp³-hybridized carbons (Fsp3) is 0.591.